The highest BCUT2D eigenvalue weighted by Crippen LogP contribution is 2.50. The molecule has 3 nitrogen and oxygen atoms in total. The maximum Gasteiger partial charge on any atom is 0.193 e. The third-order valence-electron chi connectivity index (χ3n) is 4.47. The molecule has 3 heteroatoms. The van der Waals surface area contributed by atoms with Crippen LogP contribution in [0, 0.1) is 12.8 Å². The quantitative estimate of drug-likeness (QED) is 0.619. The Morgan fingerprint density at radius 1 is 1.33 bits per heavy atom. The molecular formula is C15H21N3. The van der Waals surface area contributed by atoms with Crippen molar-refractivity contribution in [1.29, 1.82) is 0 Å². The Kier molecular flexibility index (Phi) is 2.77. The van der Waals surface area contributed by atoms with Crippen LogP contribution < -0.4 is 11.1 Å². The van der Waals surface area contributed by atoms with Gasteiger partial charge in [0.25, 0.3) is 0 Å². The van der Waals surface area contributed by atoms with Crippen LogP contribution in [-0.4, -0.2) is 11.5 Å². The molecule has 2 saturated carbocycles. The number of hydrogen-bond acceptors (Lipinski definition) is 1. The van der Waals surface area contributed by atoms with Crippen molar-refractivity contribution in [2.24, 2.45) is 16.6 Å². The number of aryl methyl sites for hydroxylation is 1. The van der Waals surface area contributed by atoms with Crippen LogP contribution in [0.3, 0.4) is 0 Å². The van der Waals surface area contributed by atoms with Crippen LogP contribution >= 0.6 is 0 Å². The summed E-state index contributed by atoms with van der Waals surface area (Å²) in [6, 6.07) is 8.17. The van der Waals surface area contributed by atoms with Crippen molar-refractivity contribution in [1.82, 2.24) is 0 Å². The minimum absolute atomic E-state index is 0.157. The lowest BCUT2D eigenvalue weighted by Gasteiger charge is -2.22. The summed E-state index contributed by atoms with van der Waals surface area (Å²) in [6.45, 7) is 2.08. The van der Waals surface area contributed by atoms with E-state index in [0.717, 1.165) is 11.6 Å². The predicted molar refractivity (Wildman–Crippen MR) is 75.7 cm³/mol. The molecule has 0 saturated heterocycles. The minimum Gasteiger partial charge on any atom is -0.370 e. The zero-order chi connectivity index (χ0) is 12.6. The number of benzene rings is 1. The molecule has 18 heavy (non-hydrogen) atoms. The van der Waals surface area contributed by atoms with Crippen LogP contribution in [0.5, 0.6) is 0 Å². The van der Waals surface area contributed by atoms with Crippen molar-refractivity contribution >= 4 is 11.6 Å². The van der Waals surface area contributed by atoms with Crippen LogP contribution in [0.1, 0.15) is 37.7 Å². The Morgan fingerprint density at radius 2 is 2.06 bits per heavy atom. The Bertz CT molecular complexity index is 470. The molecule has 0 heterocycles. The molecule has 3 rings (SSSR count). The first-order valence-electron chi connectivity index (χ1n) is 6.85. The number of hydrogen-bond donors (Lipinski definition) is 2. The molecule has 0 spiro atoms. The van der Waals surface area contributed by atoms with Crippen LogP contribution in [0.15, 0.2) is 29.3 Å². The molecule has 0 aromatic heterocycles. The van der Waals surface area contributed by atoms with Gasteiger partial charge in [-0.05, 0) is 56.6 Å². The van der Waals surface area contributed by atoms with Crippen molar-refractivity contribution in [2.75, 3.05) is 5.32 Å². The van der Waals surface area contributed by atoms with E-state index in [4.69, 9.17) is 10.7 Å². The molecular weight excluding hydrogens is 222 g/mol. The fourth-order valence-corrected chi connectivity index (χ4v) is 3.45. The molecule has 0 unspecified atom stereocenters. The summed E-state index contributed by atoms with van der Waals surface area (Å²) >= 11 is 0. The molecule has 0 atom stereocenters. The largest absolute Gasteiger partial charge is 0.370 e. The summed E-state index contributed by atoms with van der Waals surface area (Å²) in [7, 11) is 0. The minimum atomic E-state index is 0.157. The van der Waals surface area contributed by atoms with Crippen LogP contribution in [0.4, 0.5) is 5.69 Å². The molecule has 2 aliphatic rings. The molecule has 1 aromatic carbocycles. The van der Waals surface area contributed by atoms with Crippen molar-refractivity contribution in [3.8, 4) is 0 Å². The first-order chi connectivity index (χ1) is 8.67. The van der Waals surface area contributed by atoms with E-state index in [1.54, 1.807) is 0 Å². The summed E-state index contributed by atoms with van der Waals surface area (Å²) in [6.07, 6.45) is 6.34. The molecule has 3 N–H and O–H groups in total. The fourth-order valence-electron chi connectivity index (χ4n) is 3.45. The Morgan fingerprint density at radius 3 is 2.67 bits per heavy atom. The van der Waals surface area contributed by atoms with Crippen molar-refractivity contribution in [3.63, 3.8) is 0 Å². The number of aliphatic imine (C=N–C) groups is 1. The van der Waals surface area contributed by atoms with E-state index >= 15 is 0 Å². The van der Waals surface area contributed by atoms with Gasteiger partial charge in [0.1, 0.15) is 0 Å². The standard InChI is InChI=1S/C15H21N3/c1-11-4-2-3-5-13(11)17-14(16)18-15-8-6-12(10-15)7-9-15/h2-5,12H,6-10H2,1H3,(H3,16,17,18). The van der Waals surface area contributed by atoms with Gasteiger partial charge in [-0.1, -0.05) is 18.2 Å². The molecule has 2 aliphatic carbocycles. The number of nitrogens with one attached hydrogen (secondary N) is 1. The summed E-state index contributed by atoms with van der Waals surface area (Å²) < 4.78 is 0. The number of fused-ring (bicyclic) bond motifs is 2. The first-order valence-corrected chi connectivity index (χ1v) is 6.85. The molecule has 2 bridgehead atoms. The third-order valence-corrected chi connectivity index (χ3v) is 4.47. The van der Waals surface area contributed by atoms with Crippen molar-refractivity contribution in [3.05, 3.63) is 29.8 Å². The Labute approximate surface area is 108 Å². The summed E-state index contributed by atoms with van der Waals surface area (Å²) in [5.74, 6) is 1.48. The van der Waals surface area contributed by atoms with E-state index in [0.29, 0.717) is 5.96 Å². The van der Waals surface area contributed by atoms with E-state index in [1.807, 2.05) is 18.2 Å². The first kappa shape index (κ1) is 11.6. The number of nitrogens with two attached hydrogens (primary N) is 1. The summed E-state index contributed by atoms with van der Waals surface area (Å²) in [4.78, 5) is 4.79. The second-order valence-corrected chi connectivity index (χ2v) is 5.81. The summed E-state index contributed by atoms with van der Waals surface area (Å²) in [5, 5.41) is 3.24. The SMILES string of the molecule is Cc1ccccc1NC(N)=NC12CCC(CC1)C2. The van der Waals surface area contributed by atoms with Gasteiger partial charge < -0.3 is 11.1 Å². The van der Waals surface area contributed by atoms with Crippen LogP contribution in [0.25, 0.3) is 0 Å². The zero-order valence-corrected chi connectivity index (χ0v) is 10.9. The molecule has 0 aliphatic heterocycles. The monoisotopic (exact) mass is 243 g/mol. The highest BCUT2D eigenvalue weighted by atomic mass is 15.1. The van der Waals surface area contributed by atoms with Crippen molar-refractivity contribution < 1.29 is 0 Å². The van der Waals surface area contributed by atoms with Gasteiger partial charge in [-0.2, -0.15) is 0 Å². The number of para-hydroxylation sites is 1. The Hall–Kier alpha value is -1.51. The number of rotatable bonds is 2. The highest BCUT2D eigenvalue weighted by molar-refractivity contribution is 5.93. The lowest BCUT2D eigenvalue weighted by molar-refractivity contribution is 0.421. The Balaban J connectivity index is 1.75. The third kappa shape index (κ3) is 2.09. The van der Waals surface area contributed by atoms with E-state index in [9.17, 15) is 0 Å². The van der Waals surface area contributed by atoms with Crippen molar-refractivity contribution in [2.45, 2.75) is 44.6 Å². The van der Waals surface area contributed by atoms with Gasteiger partial charge in [0.05, 0.1) is 5.54 Å². The highest BCUT2D eigenvalue weighted by Gasteiger charge is 2.44. The van der Waals surface area contributed by atoms with Gasteiger partial charge in [-0.15, -0.1) is 0 Å². The molecule has 0 radical (unpaired) electrons. The van der Waals surface area contributed by atoms with E-state index in [2.05, 4.69) is 18.3 Å². The number of nitrogens with zero attached hydrogens (tertiary/aromatic N) is 1. The van der Waals surface area contributed by atoms with Gasteiger partial charge in [0.15, 0.2) is 5.96 Å². The smallest absolute Gasteiger partial charge is 0.193 e. The normalized spacial score (nSPS) is 30.7. The topological polar surface area (TPSA) is 50.4 Å². The van der Waals surface area contributed by atoms with Gasteiger partial charge in [0.2, 0.25) is 0 Å². The lowest BCUT2D eigenvalue weighted by atomic mass is 9.95. The van der Waals surface area contributed by atoms with E-state index < -0.39 is 0 Å². The van der Waals surface area contributed by atoms with Crippen LogP contribution in [0.2, 0.25) is 0 Å². The van der Waals surface area contributed by atoms with Gasteiger partial charge in [-0.25, -0.2) is 4.99 Å². The summed E-state index contributed by atoms with van der Waals surface area (Å²) in [5.41, 5.74) is 8.49. The number of guanidine groups is 1. The average Bonchev–Trinajstić information content (AvgIpc) is 2.91. The maximum atomic E-state index is 6.07. The van der Waals surface area contributed by atoms with Gasteiger partial charge >= 0.3 is 0 Å². The van der Waals surface area contributed by atoms with Crippen LogP contribution in [-0.2, 0) is 0 Å². The zero-order valence-electron chi connectivity index (χ0n) is 10.9. The van der Waals surface area contributed by atoms with E-state index in [1.165, 1.54) is 37.7 Å². The predicted octanol–water partition coefficient (Wildman–Crippen LogP) is 3.05. The second-order valence-electron chi connectivity index (χ2n) is 5.81. The van der Waals surface area contributed by atoms with Gasteiger partial charge in [-0.3, -0.25) is 0 Å². The molecule has 1 aromatic rings. The van der Waals surface area contributed by atoms with Gasteiger partial charge in [0, 0.05) is 5.69 Å². The maximum absolute atomic E-state index is 6.07. The fraction of sp³-hybridized carbons (Fsp3) is 0.533. The lowest BCUT2D eigenvalue weighted by Crippen LogP contribution is -2.30. The molecule has 0 amide bonds. The average molecular weight is 243 g/mol. The second kappa shape index (κ2) is 4.30. The molecule has 2 fully saturated rings. The molecule has 96 valence electrons. The number of anilines is 1. The van der Waals surface area contributed by atoms with E-state index in [-0.39, 0.29) is 5.54 Å².